The lowest BCUT2D eigenvalue weighted by Crippen LogP contribution is -2.46. The van der Waals surface area contributed by atoms with E-state index in [0.717, 1.165) is 6.42 Å². The topological polar surface area (TPSA) is 53.3 Å². The van der Waals surface area contributed by atoms with E-state index in [1.807, 2.05) is 0 Å². The number of methoxy groups -OCH3 is 1. The van der Waals surface area contributed by atoms with Crippen molar-refractivity contribution in [1.82, 2.24) is 4.90 Å². The molecule has 0 atom stereocenters. The average molecular weight is 196 g/mol. The van der Waals surface area contributed by atoms with Gasteiger partial charge in [0.15, 0.2) is 0 Å². The molecule has 1 rings (SSSR count). The molecule has 0 bridgehead atoms. The Kier molecular flexibility index (Phi) is 3.48. The van der Waals surface area contributed by atoms with Crippen molar-refractivity contribution in [2.75, 3.05) is 27.3 Å². The number of nitrogens with zero attached hydrogens (tertiary/aromatic N) is 2. The molecule has 0 aromatic rings. The van der Waals surface area contributed by atoms with Crippen LogP contribution in [-0.4, -0.2) is 38.1 Å². The number of rotatable bonds is 4. The largest absolute Gasteiger partial charge is 0.383 e. The molecule has 14 heavy (non-hydrogen) atoms. The predicted octanol–water partition coefficient (Wildman–Crippen LogP) is 0.785. The number of carbonyl (C=O) groups excluding carboxylic acids is 1. The zero-order chi connectivity index (χ0) is 10.6. The molecule has 0 radical (unpaired) electrons. The molecule has 0 saturated heterocycles. The van der Waals surface area contributed by atoms with E-state index in [1.165, 1.54) is 0 Å². The van der Waals surface area contributed by atoms with Crippen molar-refractivity contribution in [2.45, 2.75) is 19.3 Å². The van der Waals surface area contributed by atoms with Crippen LogP contribution in [-0.2, 0) is 9.53 Å². The number of carbonyl (C=O) groups is 1. The summed E-state index contributed by atoms with van der Waals surface area (Å²) in [6.45, 7) is 1.07. The fourth-order valence-corrected chi connectivity index (χ4v) is 1.60. The van der Waals surface area contributed by atoms with E-state index in [2.05, 4.69) is 6.07 Å². The first kappa shape index (κ1) is 11.0. The molecule has 0 spiro atoms. The number of ether oxygens (including phenoxy) is 1. The summed E-state index contributed by atoms with van der Waals surface area (Å²) in [6, 6.07) is 2.14. The Morgan fingerprint density at radius 2 is 2.29 bits per heavy atom. The van der Waals surface area contributed by atoms with Gasteiger partial charge in [0.25, 0.3) is 0 Å². The third kappa shape index (κ3) is 1.88. The lowest BCUT2D eigenvalue weighted by Gasteiger charge is -2.36. The van der Waals surface area contributed by atoms with Crippen molar-refractivity contribution in [3.63, 3.8) is 0 Å². The van der Waals surface area contributed by atoms with Crippen molar-refractivity contribution >= 4 is 5.91 Å². The standard InChI is InChI=1S/C10H16N2O2/c1-12(6-7-14-2)9(13)10(8-11)4-3-5-10/h3-7H2,1-2H3. The van der Waals surface area contributed by atoms with Crippen molar-refractivity contribution in [3.05, 3.63) is 0 Å². The molecule has 0 N–H and O–H groups in total. The molecule has 0 aromatic heterocycles. The van der Waals surface area contributed by atoms with Gasteiger partial charge in [-0.1, -0.05) is 0 Å². The molecule has 1 fully saturated rings. The molecule has 1 amide bonds. The second kappa shape index (κ2) is 4.43. The lowest BCUT2D eigenvalue weighted by atomic mass is 9.69. The van der Waals surface area contributed by atoms with Gasteiger partial charge in [0.2, 0.25) is 5.91 Å². The molecular formula is C10H16N2O2. The molecule has 1 saturated carbocycles. The molecule has 0 unspecified atom stereocenters. The number of likely N-dealkylation sites (N-methyl/N-ethyl adjacent to an activating group) is 1. The van der Waals surface area contributed by atoms with Crippen molar-refractivity contribution in [3.8, 4) is 6.07 Å². The van der Waals surface area contributed by atoms with Crippen LogP contribution < -0.4 is 0 Å². The molecule has 1 aliphatic rings. The Hall–Kier alpha value is -1.08. The van der Waals surface area contributed by atoms with Gasteiger partial charge in [0, 0.05) is 20.7 Å². The number of amides is 1. The van der Waals surface area contributed by atoms with E-state index < -0.39 is 5.41 Å². The summed E-state index contributed by atoms with van der Waals surface area (Å²) in [6.07, 6.45) is 2.40. The first-order chi connectivity index (χ1) is 6.66. The van der Waals surface area contributed by atoms with E-state index in [1.54, 1.807) is 19.1 Å². The summed E-state index contributed by atoms with van der Waals surface area (Å²) in [5.41, 5.74) is -0.720. The van der Waals surface area contributed by atoms with E-state index >= 15 is 0 Å². The average Bonchev–Trinajstić information content (AvgIpc) is 2.13. The van der Waals surface area contributed by atoms with E-state index in [9.17, 15) is 4.79 Å². The van der Waals surface area contributed by atoms with Crippen LogP contribution in [0.2, 0.25) is 0 Å². The highest BCUT2D eigenvalue weighted by Gasteiger charge is 2.45. The maximum Gasteiger partial charge on any atom is 0.242 e. The summed E-state index contributed by atoms with van der Waals surface area (Å²) in [5.74, 6) is -0.0525. The fourth-order valence-electron chi connectivity index (χ4n) is 1.60. The third-order valence-corrected chi connectivity index (χ3v) is 2.81. The Bertz CT molecular complexity index is 253. The highest BCUT2D eigenvalue weighted by Crippen LogP contribution is 2.41. The van der Waals surface area contributed by atoms with Gasteiger partial charge < -0.3 is 9.64 Å². The van der Waals surface area contributed by atoms with Crippen LogP contribution in [0.25, 0.3) is 0 Å². The van der Waals surface area contributed by atoms with E-state index in [4.69, 9.17) is 10.00 Å². The third-order valence-electron chi connectivity index (χ3n) is 2.81. The van der Waals surface area contributed by atoms with Gasteiger partial charge >= 0.3 is 0 Å². The molecule has 0 aliphatic heterocycles. The number of nitriles is 1. The van der Waals surface area contributed by atoms with Crippen LogP contribution in [0.15, 0.2) is 0 Å². The first-order valence-electron chi connectivity index (χ1n) is 4.82. The Morgan fingerprint density at radius 3 is 2.64 bits per heavy atom. The summed E-state index contributed by atoms with van der Waals surface area (Å²) >= 11 is 0. The number of hydrogen-bond acceptors (Lipinski definition) is 3. The summed E-state index contributed by atoms with van der Waals surface area (Å²) in [5, 5.41) is 8.95. The van der Waals surface area contributed by atoms with Gasteiger partial charge in [-0.05, 0) is 19.3 Å². The molecular weight excluding hydrogens is 180 g/mol. The van der Waals surface area contributed by atoms with Crippen LogP contribution in [0.3, 0.4) is 0 Å². The Morgan fingerprint density at radius 1 is 1.64 bits per heavy atom. The Labute approximate surface area is 84.4 Å². The van der Waals surface area contributed by atoms with Crippen molar-refractivity contribution in [1.29, 1.82) is 5.26 Å². The molecule has 0 heterocycles. The minimum Gasteiger partial charge on any atom is -0.383 e. The van der Waals surface area contributed by atoms with Gasteiger partial charge in [-0.25, -0.2) is 0 Å². The summed E-state index contributed by atoms with van der Waals surface area (Å²) in [7, 11) is 3.32. The SMILES string of the molecule is COCCN(C)C(=O)C1(C#N)CCC1. The van der Waals surface area contributed by atoms with Gasteiger partial charge in [-0.2, -0.15) is 5.26 Å². The summed E-state index contributed by atoms with van der Waals surface area (Å²) < 4.78 is 4.88. The highest BCUT2D eigenvalue weighted by molar-refractivity contribution is 5.86. The van der Waals surface area contributed by atoms with Crippen molar-refractivity contribution < 1.29 is 9.53 Å². The van der Waals surface area contributed by atoms with Crippen LogP contribution in [0, 0.1) is 16.7 Å². The van der Waals surface area contributed by atoms with Gasteiger partial charge in [0.05, 0.1) is 12.7 Å². The zero-order valence-electron chi connectivity index (χ0n) is 8.75. The zero-order valence-corrected chi connectivity index (χ0v) is 8.75. The normalized spacial score (nSPS) is 18.1. The summed E-state index contributed by atoms with van der Waals surface area (Å²) in [4.78, 5) is 13.4. The van der Waals surface area contributed by atoms with Crippen molar-refractivity contribution in [2.24, 2.45) is 5.41 Å². The van der Waals surface area contributed by atoms with E-state index in [0.29, 0.717) is 26.0 Å². The van der Waals surface area contributed by atoms with Gasteiger partial charge in [0.1, 0.15) is 5.41 Å². The predicted molar refractivity (Wildman–Crippen MR) is 51.4 cm³/mol. The highest BCUT2D eigenvalue weighted by atomic mass is 16.5. The van der Waals surface area contributed by atoms with Crippen LogP contribution in [0.5, 0.6) is 0 Å². The van der Waals surface area contributed by atoms with Crippen LogP contribution in [0.4, 0.5) is 0 Å². The molecule has 78 valence electrons. The second-order valence-electron chi connectivity index (χ2n) is 3.77. The second-order valence-corrected chi connectivity index (χ2v) is 3.77. The quantitative estimate of drug-likeness (QED) is 0.667. The van der Waals surface area contributed by atoms with Crippen LogP contribution in [0.1, 0.15) is 19.3 Å². The Balaban J connectivity index is 2.51. The molecule has 4 heteroatoms. The maximum atomic E-state index is 11.8. The fraction of sp³-hybridized carbons (Fsp3) is 0.800. The van der Waals surface area contributed by atoms with Crippen LogP contribution >= 0.6 is 0 Å². The van der Waals surface area contributed by atoms with E-state index in [-0.39, 0.29) is 5.91 Å². The monoisotopic (exact) mass is 196 g/mol. The minimum absolute atomic E-state index is 0.0525. The lowest BCUT2D eigenvalue weighted by molar-refractivity contribution is -0.142. The first-order valence-corrected chi connectivity index (χ1v) is 4.82. The number of hydrogen-bond donors (Lipinski definition) is 0. The minimum atomic E-state index is -0.720. The van der Waals surface area contributed by atoms with Gasteiger partial charge in [-0.15, -0.1) is 0 Å². The molecule has 4 nitrogen and oxygen atoms in total. The maximum absolute atomic E-state index is 11.8. The molecule has 0 aromatic carbocycles. The van der Waals surface area contributed by atoms with Gasteiger partial charge in [-0.3, -0.25) is 4.79 Å². The smallest absolute Gasteiger partial charge is 0.242 e. The molecule has 1 aliphatic carbocycles.